The van der Waals surface area contributed by atoms with E-state index in [4.69, 9.17) is 31.9 Å². The van der Waals surface area contributed by atoms with Crippen molar-refractivity contribution in [3.8, 4) is 0 Å². The Kier molecular flexibility index (Phi) is 8.34. The summed E-state index contributed by atoms with van der Waals surface area (Å²) in [5.74, 6) is -4.88. The smallest absolute Gasteiger partial charge is 0.305 e. The highest BCUT2D eigenvalue weighted by atomic mass is 16.4. The molecule has 0 radical (unpaired) electrons. The fourth-order valence-corrected chi connectivity index (χ4v) is 2.64. The quantitative estimate of drug-likeness (QED) is 0.243. The van der Waals surface area contributed by atoms with E-state index in [9.17, 15) is 19.2 Å². The molecule has 0 aliphatic heterocycles. The van der Waals surface area contributed by atoms with Crippen LogP contribution in [0.4, 0.5) is 0 Å². The summed E-state index contributed by atoms with van der Waals surface area (Å²) in [5, 5.41) is 35.3. The van der Waals surface area contributed by atoms with Crippen LogP contribution in [0.25, 0.3) is 0 Å². The van der Waals surface area contributed by atoms with E-state index in [0.29, 0.717) is 12.8 Å². The fourth-order valence-electron chi connectivity index (χ4n) is 2.64. The third-order valence-electron chi connectivity index (χ3n) is 3.61. The Hall–Kier alpha value is -2.20. The van der Waals surface area contributed by atoms with Gasteiger partial charge in [-0.15, -0.1) is 0 Å². The van der Waals surface area contributed by atoms with Crippen LogP contribution in [0.5, 0.6) is 0 Å². The molecule has 0 atom stereocenters. The summed E-state index contributed by atoms with van der Waals surface area (Å²) in [6.07, 6.45) is -1.29. The first kappa shape index (κ1) is 21.8. The predicted octanol–water partition coefficient (Wildman–Crippen LogP) is -0.159. The molecule has 0 rings (SSSR count). The van der Waals surface area contributed by atoms with Crippen LogP contribution in [0, 0.1) is 0 Å². The number of hydrogen-bond donors (Lipinski definition) is 6. The molecule has 0 aromatic heterocycles. The second-order valence-electron chi connectivity index (χ2n) is 6.21. The van der Waals surface area contributed by atoms with Gasteiger partial charge in [0.15, 0.2) is 0 Å². The van der Waals surface area contributed by atoms with Crippen LogP contribution in [-0.2, 0) is 19.2 Å². The Bertz CT molecular complexity index is 415. The molecule has 0 aliphatic carbocycles. The van der Waals surface area contributed by atoms with Crippen molar-refractivity contribution in [3.05, 3.63) is 0 Å². The van der Waals surface area contributed by atoms with Gasteiger partial charge in [0.1, 0.15) is 0 Å². The number of carbonyl (C=O) groups is 4. The second-order valence-corrected chi connectivity index (χ2v) is 6.21. The number of carboxylic acids is 4. The summed E-state index contributed by atoms with van der Waals surface area (Å²) < 4.78 is 0. The van der Waals surface area contributed by atoms with E-state index < -0.39 is 60.6 Å². The highest BCUT2D eigenvalue weighted by Crippen LogP contribution is 2.25. The van der Waals surface area contributed by atoms with Gasteiger partial charge in [-0.3, -0.25) is 19.2 Å². The lowest BCUT2D eigenvalue weighted by Crippen LogP contribution is -2.45. The first-order chi connectivity index (χ1) is 10.9. The summed E-state index contributed by atoms with van der Waals surface area (Å²) in [5.41, 5.74) is 8.82. The van der Waals surface area contributed by atoms with Crippen LogP contribution in [0.1, 0.15) is 51.4 Å². The van der Waals surface area contributed by atoms with E-state index in [0.717, 1.165) is 0 Å². The Labute approximate surface area is 138 Å². The van der Waals surface area contributed by atoms with Gasteiger partial charge in [-0.25, -0.2) is 0 Å². The minimum atomic E-state index is -1.42. The zero-order valence-corrected chi connectivity index (χ0v) is 13.2. The van der Waals surface area contributed by atoms with Crippen LogP contribution in [0.3, 0.4) is 0 Å². The van der Waals surface area contributed by atoms with Crippen molar-refractivity contribution >= 4 is 23.9 Å². The average Bonchev–Trinajstić information content (AvgIpc) is 2.30. The molecular weight excluding hydrogens is 324 g/mol. The number of aliphatic carboxylic acids is 4. The van der Waals surface area contributed by atoms with E-state index in [2.05, 4.69) is 0 Å². The number of nitrogens with two attached hydrogens (primary N) is 2. The molecule has 10 heteroatoms. The van der Waals surface area contributed by atoms with Crippen LogP contribution < -0.4 is 11.5 Å². The van der Waals surface area contributed by atoms with Gasteiger partial charge in [0, 0.05) is 11.1 Å². The molecule has 0 unspecified atom stereocenters. The van der Waals surface area contributed by atoms with Crippen molar-refractivity contribution in [2.45, 2.75) is 62.4 Å². The minimum Gasteiger partial charge on any atom is -0.481 e. The molecule has 0 bridgehead atoms. The molecular formula is C14H24N2O8. The van der Waals surface area contributed by atoms with Gasteiger partial charge in [0.25, 0.3) is 0 Å². The zero-order chi connectivity index (χ0) is 19.0. The van der Waals surface area contributed by atoms with Crippen molar-refractivity contribution in [2.75, 3.05) is 0 Å². The van der Waals surface area contributed by atoms with Crippen molar-refractivity contribution in [2.24, 2.45) is 11.5 Å². The first-order valence-electron chi connectivity index (χ1n) is 7.32. The lowest BCUT2D eigenvalue weighted by atomic mass is 9.83. The van der Waals surface area contributed by atoms with Crippen LogP contribution >= 0.6 is 0 Å². The number of hydrogen-bond acceptors (Lipinski definition) is 6. The molecule has 24 heavy (non-hydrogen) atoms. The lowest BCUT2D eigenvalue weighted by molar-refractivity contribution is -0.143. The third-order valence-corrected chi connectivity index (χ3v) is 3.61. The highest BCUT2D eigenvalue weighted by Gasteiger charge is 2.33. The second kappa shape index (κ2) is 9.18. The van der Waals surface area contributed by atoms with Gasteiger partial charge < -0.3 is 31.9 Å². The Morgan fingerprint density at radius 3 is 0.958 bits per heavy atom. The fraction of sp³-hybridized carbons (Fsp3) is 0.714. The number of carboxylic acid groups (broad SMARTS) is 4. The van der Waals surface area contributed by atoms with Crippen molar-refractivity contribution in [3.63, 3.8) is 0 Å². The summed E-state index contributed by atoms with van der Waals surface area (Å²) in [6.45, 7) is 0. The van der Waals surface area contributed by atoms with E-state index in [1.807, 2.05) is 0 Å². The largest absolute Gasteiger partial charge is 0.481 e. The van der Waals surface area contributed by atoms with Gasteiger partial charge in [0.2, 0.25) is 0 Å². The molecule has 0 saturated carbocycles. The molecule has 0 aromatic rings. The lowest BCUT2D eigenvalue weighted by Gasteiger charge is -2.28. The molecule has 0 amide bonds. The molecule has 8 N–H and O–H groups in total. The number of rotatable bonds is 13. The summed E-state index contributed by atoms with van der Waals surface area (Å²) in [4.78, 5) is 43.2. The van der Waals surface area contributed by atoms with Gasteiger partial charge in [0.05, 0.1) is 25.7 Å². The summed E-state index contributed by atoms with van der Waals surface area (Å²) in [7, 11) is 0. The first-order valence-corrected chi connectivity index (χ1v) is 7.32. The van der Waals surface area contributed by atoms with E-state index in [1.54, 1.807) is 0 Å². The molecule has 10 nitrogen and oxygen atoms in total. The minimum absolute atomic E-state index is 0.0851. The van der Waals surface area contributed by atoms with Crippen molar-refractivity contribution in [1.29, 1.82) is 0 Å². The standard InChI is InChI=1S/C14H24N2O8/c15-13(5-9(17)18,6-10(19)20)3-1-2-4-14(16,7-11(21)22)8-12(23)24/h1-8,15-16H2,(H,17,18)(H,19,20)(H,21,22)(H,23,24). The van der Waals surface area contributed by atoms with E-state index in [1.165, 1.54) is 0 Å². The maximum Gasteiger partial charge on any atom is 0.305 e. The Balaban J connectivity index is 4.67. The Morgan fingerprint density at radius 1 is 0.583 bits per heavy atom. The maximum absolute atomic E-state index is 10.8. The van der Waals surface area contributed by atoms with Gasteiger partial charge in [-0.2, -0.15) is 0 Å². The normalized spacial score (nSPS) is 11.9. The van der Waals surface area contributed by atoms with E-state index in [-0.39, 0.29) is 12.8 Å². The Morgan fingerprint density at radius 2 is 0.792 bits per heavy atom. The zero-order valence-electron chi connectivity index (χ0n) is 13.2. The monoisotopic (exact) mass is 348 g/mol. The van der Waals surface area contributed by atoms with Crippen LogP contribution in [-0.4, -0.2) is 55.4 Å². The van der Waals surface area contributed by atoms with E-state index >= 15 is 0 Å². The highest BCUT2D eigenvalue weighted by molar-refractivity contribution is 5.73. The summed E-state index contributed by atoms with van der Waals surface area (Å²) >= 11 is 0. The molecule has 0 aliphatic rings. The van der Waals surface area contributed by atoms with Crippen molar-refractivity contribution in [1.82, 2.24) is 0 Å². The van der Waals surface area contributed by atoms with Gasteiger partial charge >= 0.3 is 23.9 Å². The third kappa shape index (κ3) is 9.74. The molecule has 0 aromatic carbocycles. The van der Waals surface area contributed by atoms with Gasteiger partial charge in [-0.05, 0) is 12.8 Å². The van der Waals surface area contributed by atoms with Gasteiger partial charge in [-0.1, -0.05) is 12.8 Å². The molecule has 0 spiro atoms. The molecule has 138 valence electrons. The predicted molar refractivity (Wildman–Crippen MR) is 81.3 cm³/mol. The maximum atomic E-state index is 10.8. The topological polar surface area (TPSA) is 201 Å². The molecule has 0 heterocycles. The SMILES string of the molecule is NC(CCCCC(N)(CC(=O)O)CC(=O)O)(CC(=O)O)CC(=O)O. The van der Waals surface area contributed by atoms with Crippen molar-refractivity contribution < 1.29 is 39.6 Å². The molecule has 0 saturated heterocycles. The molecule has 0 fully saturated rings. The average molecular weight is 348 g/mol. The summed E-state index contributed by atoms with van der Waals surface area (Å²) in [6, 6.07) is 0. The van der Waals surface area contributed by atoms with Crippen LogP contribution in [0.2, 0.25) is 0 Å². The van der Waals surface area contributed by atoms with Crippen LogP contribution in [0.15, 0.2) is 0 Å². The number of unbranched alkanes of at least 4 members (excludes halogenated alkanes) is 1.